The lowest BCUT2D eigenvalue weighted by Crippen LogP contribution is -2.32. The smallest absolute Gasteiger partial charge is 0.187 e. The van der Waals surface area contributed by atoms with Crippen molar-refractivity contribution in [2.24, 2.45) is 5.10 Å². The summed E-state index contributed by atoms with van der Waals surface area (Å²) in [6.07, 6.45) is 1.74. The Morgan fingerprint density at radius 3 is 2.65 bits per heavy atom. The molecule has 0 aliphatic carbocycles. The Morgan fingerprint density at radius 2 is 2.06 bits per heavy atom. The average Bonchev–Trinajstić information content (AvgIpc) is 2.34. The van der Waals surface area contributed by atoms with Crippen molar-refractivity contribution in [2.75, 3.05) is 6.54 Å². The Bertz CT molecular complexity index is 421. The highest BCUT2D eigenvalue weighted by Gasteiger charge is 1.97. The van der Waals surface area contributed by atoms with Crippen molar-refractivity contribution in [3.8, 4) is 0 Å². The van der Waals surface area contributed by atoms with Gasteiger partial charge < -0.3 is 5.32 Å². The van der Waals surface area contributed by atoms with Gasteiger partial charge in [-0.15, -0.1) is 6.58 Å². The molecule has 0 bridgehead atoms. The summed E-state index contributed by atoms with van der Waals surface area (Å²) in [7, 11) is 0. The quantitative estimate of drug-likeness (QED) is 0.371. The molecule has 3 nitrogen and oxygen atoms in total. The zero-order chi connectivity index (χ0) is 12.7. The third kappa shape index (κ3) is 4.78. The van der Waals surface area contributed by atoms with Gasteiger partial charge in [-0.2, -0.15) is 5.10 Å². The first kappa shape index (κ1) is 13.4. The second-order valence-electron chi connectivity index (χ2n) is 3.67. The number of hydrogen-bond donors (Lipinski definition) is 2. The average molecular weight is 247 g/mol. The highest BCUT2D eigenvalue weighted by molar-refractivity contribution is 7.80. The van der Waals surface area contributed by atoms with Gasteiger partial charge in [0.05, 0.1) is 5.71 Å². The van der Waals surface area contributed by atoms with E-state index in [2.05, 4.69) is 41.5 Å². The SMILES string of the molecule is C=CCNC(=S)NN=C(C)c1ccc(C)cc1. The van der Waals surface area contributed by atoms with E-state index < -0.39 is 0 Å². The molecule has 0 aliphatic rings. The number of thiocarbonyl (C=S) groups is 1. The molecule has 0 aliphatic heterocycles. The van der Waals surface area contributed by atoms with Crippen LogP contribution in [0.2, 0.25) is 0 Å². The predicted molar refractivity (Wildman–Crippen MR) is 77.3 cm³/mol. The molecule has 1 rings (SSSR count). The molecule has 0 heterocycles. The lowest BCUT2D eigenvalue weighted by atomic mass is 10.1. The number of rotatable bonds is 4. The van der Waals surface area contributed by atoms with Crippen LogP contribution in [0.15, 0.2) is 42.0 Å². The van der Waals surface area contributed by atoms with Gasteiger partial charge in [0.1, 0.15) is 0 Å². The largest absolute Gasteiger partial charge is 0.358 e. The van der Waals surface area contributed by atoms with Crippen LogP contribution >= 0.6 is 12.2 Å². The van der Waals surface area contributed by atoms with Crippen molar-refractivity contribution < 1.29 is 0 Å². The molecule has 0 unspecified atom stereocenters. The molecule has 90 valence electrons. The summed E-state index contributed by atoms with van der Waals surface area (Å²) < 4.78 is 0. The third-order valence-electron chi connectivity index (χ3n) is 2.20. The fraction of sp³-hybridized carbons (Fsp3) is 0.231. The molecule has 0 saturated heterocycles. The molecule has 0 radical (unpaired) electrons. The number of nitrogens with zero attached hydrogens (tertiary/aromatic N) is 1. The molecule has 2 N–H and O–H groups in total. The van der Waals surface area contributed by atoms with E-state index in [1.54, 1.807) is 6.08 Å². The second-order valence-corrected chi connectivity index (χ2v) is 4.08. The van der Waals surface area contributed by atoms with E-state index in [4.69, 9.17) is 12.2 Å². The summed E-state index contributed by atoms with van der Waals surface area (Å²) in [5.41, 5.74) is 6.00. The number of benzene rings is 1. The molecular weight excluding hydrogens is 230 g/mol. The van der Waals surface area contributed by atoms with Gasteiger partial charge >= 0.3 is 0 Å². The van der Waals surface area contributed by atoms with Gasteiger partial charge in [0.25, 0.3) is 0 Å². The minimum absolute atomic E-state index is 0.497. The van der Waals surface area contributed by atoms with Crippen molar-refractivity contribution >= 4 is 23.0 Å². The van der Waals surface area contributed by atoms with Crippen molar-refractivity contribution in [1.29, 1.82) is 0 Å². The molecule has 0 saturated carbocycles. The van der Waals surface area contributed by atoms with E-state index >= 15 is 0 Å². The zero-order valence-electron chi connectivity index (χ0n) is 10.2. The predicted octanol–water partition coefficient (Wildman–Crippen LogP) is 2.37. The van der Waals surface area contributed by atoms with Crippen LogP contribution in [-0.4, -0.2) is 17.4 Å². The summed E-state index contributed by atoms with van der Waals surface area (Å²) >= 11 is 5.03. The van der Waals surface area contributed by atoms with Crippen LogP contribution in [0.5, 0.6) is 0 Å². The molecular formula is C13H17N3S. The Morgan fingerprint density at radius 1 is 1.41 bits per heavy atom. The molecule has 4 heteroatoms. The highest BCUT2D eigenvalue weighted by atomic mass is 32.1. The summed E-state index contributed by atoms with van der Waals surface area (Å²) in [4.78, 5) is 0. The van der Waals surface area contributed by atoms with Crippen LogP contribution in [-0.2, 0) is 0 Å². The van der Waals surface area contributed by atoms with Crippen LogP contribution in [0.4, 0.5) is 0 Å². The van der Waals surface area contributed by atoms with E-state index in [-0.39, 0.29) is 0 Å². The van der Waals surface area contributed by atoms with E-state index in [1.807, 2.05) is 19.1 Å². The molecule has 17 heavy (non-hydrogen) atoms. The maximum atomic E-state index is 5.03. The Kier molecular flexibility index (Phi) is 5.36. The second kappa shape index (κ2) is 6.81. The summed E-state index contributed by atoms with van der Waals surface area (Å²) in [6, 6.07) is 8.19. The normalized spacial score (nSPS) is 10.8. The first-order chi connectivity index (χ1) is 8.13. The maximum Gasteiger partial charge on any atom is 0.187 e. The number of hydrazone groups is 1. The van der Waals surface area contributed by atoms with E-state index in [0.717, 1.165) is 11.3 Å². The number of aryl methyl sites for hydroxylation is 1. The van der Waals surface area contributed by atoms with Crippen molar-refractivity contribution in [2.45, 2.75) is 13.8 Å². The van der Waals surface area contributed by atoms with Gasteiger partial charge in [0, 0.05) is 6.54 Å². The van der Waals surface area contributed by atoms with Crippen LogP contribution in [0.1, 0.15) is 18.1 Å². The molecule has 0 amide bonds. The summed E-state index contributed by atoms with van der Waals surface area (Å²) in [6.45, 7) is 8.22. The van der Waals surface area contributed by atoms with Gasteiger partial charge in [-0.1, -0.05) is 35.9 Å². The van der Waals surface area contributed by atoms with Crippen LogP contribution in [0, 0.1) is 6.92 Å². The maximum absolute atomic E-state index is 5.03. The first-order valence-electron chi connectivity index (χ1n) is 5.39. The van der Waals surface area contributed by atoms with Crippen LogP contribution in [0.3, 0.4) is 0 Å². The summed E-state index contributed by atoms with van der Waals surface area (Å²) in [5, 5.41) is 7.65. The summed E-state index contributed by atoms with van der Waals surface area (Å²) in [5.74, 6) is 0. The molecule has 1 aromatic rings. The molecule has 1 aromatic carbocycles. The Labute approximate surface area is 108 Å². The fourth-order valence-electron chi connectivity index (χ4n) is 1.20. The third-order valence-corrected chi connectivity index (χ3v) is 2.44. The van der Waals surface area contributed by atoms with Crippen LogP contribution < -0.4 is 10.7 Å². The van der Waals surface area contributed by atoms with Crippen molar-refractivity contribution in [3.63, 3.8) is 0 Å². The van der Waals surface area contributed by atoms with Crippen LogP contribution in [0.25, 0.3) is 0 Å². The lowest BCUT2D eigenvalue weighted by Gasteiger charge is -2.06. The number of hydrogen-bond acceptors (Lipinski definition) is 2. The number of nitrogens with one attached hydrogen (secondary N) is 2. The Hall–Kier alpha value is -1.68. The van der Waals surface area contributed by atoms with Gasteiger partial charge in [-0.3, -0.25) is 5.43 Å². The van der Waals surface area contributed by atoms with Crippen molar-refractivity contribution in [3.05, 3.63) is 48.0 Å². The van der Waals surface area contributed by atoms with Crippen molar-refractivity contribution in [1.82, 2.24) is 10.7 Å². The van der Waals surface area contributed by atoms with Gasteiger partial charge in [-0.25, -0.2) is 0 Å². The first-order valence-corrected chi connectivity index (χ1v) is 5.80. The topological polar surface area (TPSA) is 36.4 Å². The Balaban J connectivity index is 2.57. The highest BCUT2D eigenvalue weighted by Crippen LogP contribution is 2.03. The standard InChI is InChI=1S/C13H17N3S/c1-4-9-14-13(17)16-15-11(3)12-7-5-10(2)6-8-12/h4-8H,1,9H2,2-3H3,(H2,14,16,17). The van der Waals surface area contributed by atoms with Gasteiger partial charge in [-0.05, 0) is 31.6 Å². The molecule has 0 aromatic heterocycles. The minimum Gasteiger partial charge on any atom is -0.358 e. The zero-order valence-corrected chi connectivity index (χ0v) is 11.0. The van der Waals surface area contributed by atoms with E-state index in [9.17, 15) is 0 Å². The van der Waals surface area contributed by atoms with E-state index in [1.165, 1.54) is 5.56 Å². The molecule has 0 atom stereocenters. The molecule has 0 fully saturated rings. The van der Waals surface area contributed by atoms with Gasteiger partial charge in [0.2, 0.25) is 0 Å². The van der Waals surface area contributed by atoms with E-state index in [0.29, 0.717) is 11.7 Å². The van der Waals surface area contributed by atoms with Gasteiger partial charge in [0.15, 0.2) is 5.11 Å². The fourth-order valence-corrected chi connectivity index (χ4v) is 1.33. The monoisotopic (exact) mass is 247 g/mol. The molecule has 0 spiro atoms. The lowest BCUT2D eigenvalue weighted by molar-refractivity contribution is 0.936. The minimum atomic E-state index is 0.497.